The Labute approximate surface area is 231 Å². The molecule has 2 N–H and O–H groups in total. The van der Waals surface area contributed by atoms with E-state index in [1.54, 1.807) is 26.0 Å². The van der Waals surface area contributed by atoms with Gasteiger partial charge in [0.2, 0.25) is 0 Å². The standard InChI is InChI=1S/C28H34FN5O6/c1-15(39-17(3)35)27(36)33-20-8-6-19(7-9-20)25-13-23(34-40-25)22-12-24(32-16(2)31-22)28(37)30-14-18-5-10-21(29)26(11-18)38-4/h5,10-12,15,19-20,25H,6-9,13-14H2,1-4H3,(H,30,37)(H,33,36)/t15-,19?,20?,25+/m0/s1. The third-order valence-corrected chi connectivity index (χ3v) is 7.08. The van der Waals surface area contributed by atoms with Crippen molar-refractivity contribution in [2.24, 2.45) is 11.1 Å². The van der Waals surface area contributed by atoms with Crippen LogP contribution in [0, 0.1) is 18.7 Å². The first kappa shape index (κ1) is 28.9. The third-order valence-electron chi connectivity index (χ3n) is 7.08. The minimum absolute atomic E-state index is 0.0186. The quantitative estimate of drug-likeness (QED) is 0.450. The predicted octanol–water partition coefficient (Wildman–Crippen LogP) is 2.98. The minimum Gasteiger partial charge on any atom is -0.494 e. The van der Waals surface area contributed by atoms with E-state index in [2.05, 4.69) is 25.8 Å². The molecule has 1 aromatic heterocycles. The molecule has 4 rings (SSSR count). The van der Waals surface area contributed by atoms with Crippen LogP contribution in [0.3, 0.4) is 0 Å². The Balaban J connectivity index is 1.30. The van der Waals surface area contributed by atoms with Crippen LogP contribution in [0.1, 0.15) is 73.5 Å². The second kappa shape index (κ2) is 12.8. The van der Waals surface area contributed by atoms with Crippen LogP contribution in [-0.4, -0.2) is 58.8 Å². The highest BCUT2D eigenvalue weighted by atomic mass is 19.1. The first-order chi connectivity index (χ1) is 19.1. The van der Waals surface area contributed by atoms with Gasteiger partial charge >= 0.3 is 5.97 Å². The Hall–Kier alpha value is -4.09. The van der Waals surface area contributed by atoms with Gasteiger partial charge in [0, 0.05) is 25.9 Å². The van der Waals surface area contributed by atoms with Crippen molar-refractivity contribution in [3.05, 3.63) is 52.9 Å². The van der Waals surface area contributed by atoms with Gasteiger partial charge in [-0.05, 0) is 69.2 Å². The zero-order valence-corrected chi connectivity index (χ0v) is 23.0. The van der Waals surface area contributed by atoms with E-state index in [0.717, 1.165) is 25.7 Å². The number of hydrogen-bond acceptors (Lipinski definition) is 9. The van der Waals surface area contributed by atoms with Gasteiger partial charge in [0.15, 0.2) is 17.7 Å². The van der Waals surface area contributed by atoms with E-state index in [1.807, 2.05) is 0 Å². The van der Waals surface area contributed by atoms with Gasteiger partial charge in [0.05, 0.1) is 12.8 Å². The summed E-state index contributed by atoms with van der Waals surface area (Å²) in [6.07, 6.45) is 2.89. The van der Waals surface area contributed by atoms with Gasteiger partial charge < -0.3 is 24.9 Å². The molecule has 1 aliphatic carbocycles. The van der Waals surface area contributed by atoms with Crippen LogP contribution < -0.4 is 15.4 Å². The van der Waals surface area contributed by atoms with Gasteiger partial charge in [-0.2, -0.15) is 0 Å². The normalized spacial score (nSPS) is 21.0. The average molecular weight is 556 g/mol. The van der Waals surface area contributed by atoms with E-state index in [4.69, 9.17) is 14.3 Å². The molecule has 0 unspecified atom stereocenters. The lowest BCUT2D eigenvalue weighted by molar-refractivity contribution is -0.153. The first-order valence-electron chi connectivity index (χ1n) is 13.3. The molecule has 0 spiro atoms. The van der Waals surface area contributed by atoms with Crippen LogP contribution >= 0.6 is 0 Å². The van der Waals surface area contributed by atoms with Gasteiger partial charge in [-0.1, -0.05) is 11.2 Å². The number of carbonyl (C=O) groups excluding carboxylic acids is 3. The molecule has 12 heteroatoms. The van der Waals surface area contributed by atoms with Gasteiger partial charge in [-0.15, -0.1) is 0 Å². The van der Waals surface area contributed by atoms with Crippen molar-refractivity contribution >= 4 is 23.5 Å². The number of aryl methyl sites for hydroxylation is 1. The number of nitrogens with one attached hydrogen (secondary N) is 2. The van der Waals surface area contributed by atoms with Crippen LogP contribution in [0.2, 0.25) is 0 Å². The van der Waals surface area contributed by atoms with Gasteiger partial charge in [0.25, 0.3) is 11.8 Å². The molecule has 0 saturated heterocycles. The highest BCUT2D eigenvalue weighted by Crippen LogP contribution is 2.33. The van der Waals surface area contributed by atoms with Crippen LogP contribution in [0.15, 0.2) is 29.4 Å². The number of benzene rings is 1. The number of hydrogen-bond donors (Lipinski definition) is 2. The number of halogens is 1. The molecule has 40 heavy (non-hydrogen) atoms. The number of nitrogens with zero attached hydrogens (tertiary/aromatic N) is 3. The monoisotopic (exact) mass is 555 g/mol. The molecule has 2 aliphatic rings. The number of oxime groups is 1. The van der Waals surface area contributed by atoms with Crippen molar-refractivity contribution in [3.8, 4) is 5.75 Å². The van der Waals surface area contributed by atoms with Crippen LogP contribution in [0.5, 0.6) is 5.75 Å². The molecule has 2 amide bonds. The minimum atomic E-state index is -0.820. The molecule has 1 fully saturated rings. The number of aromatic nitrogens is 2. The third kappa shape index (κ3) is 7.30. The molecule has 214 valence electrons. The smallest absolute Gasteiger partial charge is 0.303 e. The molecule has 2 atom stereocenters. The molecular formula is C28H34FN5O6. The number of esters is 1. The molecule has 0 bridgehead atoms. The highest BCUT2D eigenvalue weighted by Gasteiger charge is 2.35. The van der Waals surface area contributed by atoms with E-state index in [9.17, 15) is 18.8 Å². The van der Waals surface area contributed by atoms with Crippen LogP contribution in [0.25, 0.3) is 0 Å². The first-order valence-corrected chi connectivity index (χ1v) is 13.3. The van der Waals surface area contributed by atoms with Gasteiger partial charge in [-0.3, -0.25) is 14.4 Å². The fourth-order valence-corrected chi connectivity index (χ4v) is 4.98. The number of ether oxygens (including phenoxy) is 2. The summed E-state index contributed by atoms with van der Waals surface area (Å²) < 4.78 is 23.6. The maximum Gasteiger partial charge on any atom is 0.303 e. The van der Waals surface area contributed by atoms with E-state index in [1.165, 1.54) is 26.2 Å². The second-order valence-corrected chi connectivity index (χ2v) is 10.1. The summed E-state index contributed by atoms with van der Waals surface area (Å²) in [7, 11) is 1.38. The zero-order chi connectivity index (χ0) is 28.8. The number of rotatable bonds is 9. The molecule has 2 heterocycles. The highest BCUT2D eigenvalue weighted by molar-refractivity contribution is 6.02. The Morgan fingerprint density at radius 2 is 1.90 bits per heavy atom. The zero-order valence-electron chi connectivity index (χ0n) is 23.0. The SMILES string of the molecule is COc1cc(CNC(=O)c2cc(C3=NO[C@@H](C4CCC(NC(=O)[C@H](C)OC(C)=O)CC4)C3)nc(C)n2)ccc1F. The summed E-state index contributed by atoms with van der Waals surface area (Å²) in [5.74, 6) is -0.856. The van der Waals surface area contributed by atoms with E-state index >= 15 is 0 Å². The summed E-state index contributed by atoms with van der Waals surface area (Å²) in [5, 5.41) is 10.0. The Kier molecular flexibility index (Phi) is 9.28. The van der Waals surface area contributed by atoms with Crippen molar-refractivity contribution in [2.45, 2.75) is 77.7 Å². The van der Waals surface area contributed by atoms with Crippen molar-refractivity contribution in [1.82, 2.24) is 20.6 Å². The number of carbonyl (C=O) groups is 3. The van der Waals surface area contributed by atoms with Crippen molar-refractivity contribution < 1.29 is 33.1 Å². The van der Waals surface area contributed by atoms with E-state index in [-0.39, 0.29) is 42.0 Å². The fraction of sp³-hybridized carbons (Fsp3) is 0.500. The lowest BCUT2D eigenvalue weighted by Gasteiger charge is -2.31. The Morgan fingerprint density at radius 1 is 1.15 bits per heavy atom. The molecule has 1 aliphatic heterocycles. The maximum atomic E-state index is 13.7. The summed E-state index contributed by atoms with van der Waals surface area (Å²) in [6, 6.07) is 6.00. The second-order valence-electron chi connectivity index (χ2n) is 10.1. The van der Waals surface area contributed by atoms with E-state index < -0.39 is 23.8 Å². The Morgan fingerprint density at radius 3 is 2.60 bits per heavy atom. The largest absolute Gasteiger partial charge is 0.494 e. The number of amides is 2. The summed E-state index contributed by atoms with van der Waals surface area (Å²) in [6.45, 7) is 4.71. The van der Waals surface area contributed by atoms with Crippen molar-refractivity contribution in [1.29, 1.82) is 0 Å². The maximum absolute atomic E-state index is 13.7. The molecule has 1 saturated carbocycles. The summed E-state index contributed by atoms with van der Waals surface area (Å²) in [4.78, 5) is 50.7. The lowest BCUT2D eigenvalue weighted by Crippen LogP contribution is -2.44. The Bertz CT molecular complexity index is 1290. The topological polar surface area (TPSA) is 141 Å². The van der Waals surface area contributed by atoms with Crippen LogP contribution in [0.4, 0.5) is 4.39 Å². The van der Waals surface area contributed by atoms with Crippen molar-refractivity contribution in [3.63, 3.8) is 0 Å². The molecular weight excluding hydrogens is 521 g/mol. The summed E-state index contributed by atoms with van der Waals surface area (Å²) in [5.41, 5.74) is 2.06. The predicted molar refractivity (Wildman–Crippen MR) is 142 cm³/mol. The number of methoxy groups -OCH3 is 1. The van der Waals surface area contributed by atoms with Crippen LogP contribution in [-0.2, 0) is 25.7 Å². The van der Waals surface area contributed by atoms with Gasteiger partial charge in [-0.25, -0.2) is 14.4 Å². The fourth-order valence-electron chi connectivity index (χ4n) is 4.98. The van der Waals surface area contributed by atoms with E-state index in [0.29, 0.717) is 29.2 Å². The molecule has 0 radical (unpaired) electrons. The molecule has 11 nitrogen and oxygen atoms in total. The molecule has 1 aromatic carbocycles. The molecule has 2 aromatic rings. The average Bonchev–Trinajstić information content (AvgIpc) is 3.42. The van der Waals surface area contributed by atoms with Gasteiger partial charge in [0.1, 0.15) is 23.3 Å². The summed E-state index contributed by atoms with van der Waals surface area (Å²) >= 11 is 0. The lowest BCUT2D eigenvalue weighted by atomic mass is 9.81. The van der Waals surface area contributed by atoms with Crippen molar-refractivity contribution in [2.75, 3.05) is 7.11 Å².